The normalized spacial score (nSPS) is 18.5. The highest BCUT2D eigenvalue weighted by atomic mass is 35.5. The zero-order valence-electron chi connectivity index (χ0n) is 15.1. The number of methoxy groups -OCH3 is 1. The second-order valence-corrected chi connectivity index (χ2v) is 6.98. The molecule has 142 valence electrons. The zero-order valence-corrected chi connectivity index (χ0v) is 16.6. The van der Waals surface area contributed by atoms with Crippen molar-refractivity contribution in [2.45, 2.75) is 13.0 Å². The topological polar surface area (TPSA) is 86.8 Å². The fourth-order valence-corrected chi connectivity index (χ4v) is 3.28. The van der Waals surface area contributed by atoms with Gasteiger partial charge in [-0.2, -0.15) is 5.26 Å². The van der Waals surface area contributed by atoms with Crippen molar-refractivity contribution in [2.24, 2.45) is 15.9 Å². The van der Waals surface area contributed by atoms with Crippen molar-refractivity contribution in [1.29, 1.82) is 5.26 Å². The molecule has 1 aliphatic heterocycles. The Morgan fingerprint density at radius 1 is 1.21 bits per heavy atom. The molecule has 2 unspecified atom stereocenters. The van der Waals surface area contributed by atoms with E-state index in [0.29, 0.717) is 33.0 Å². The molecule has 1 heterocycles. The number of ether oxygens (including phenoxy) is 1. The van der Waals surface area contributed by atoms with Crippen LogP contribution in [0.5, 0.6) is 0 Å². The van der Waals surface area contributed by atoms with Gasteiger partial charge in [0.15, 0.2) is 0 Å². The van der Waals surface area contributed by atoms with E-state index in [1.807, 2.05) is 18.2 Å². The maximum absolute atomic E-state index is 12.3. The molecule has 28 heavy (non-hydrogen) atoms. The monoisotopic (exact) mass is 414 g/mol. The Morgan fingerprint density at radius 3 is 2.54 bits per heavy atom. The number of aliphatic imine (C=N–C) groups is 2. The molecule has 2 aromatic rings. The smallest absolute Gasteiger partial charge is 0.316 e. The summed E-state index contributed by atoms with van der Waals surface area (Å²) in [5.74, 6) is -0.718. The van der Waals surface area contributed by atoms with Gasteiger partial charge in [-0.1, -0.05) is 35.3 Å². The van der Waals surface area contributed by atoms with Gasteiger partial charge in [-0.05, 0) is 42.8 Å². The lowest BCUT2D eigenvalue weighted by Gasteiger charge is -2.27. The fourth-order valence-electron chi connectivity index (χ4n) is 2.93. The summed E-state index contributed by atoms with van der Waals surface area (Å²) in [6.07, 6.45) is 0. The Balaban J connectivity index is 1.97. The lowest BCUT2D eigenvalue weighted by molar-refractivity contribution is -0.143. The molecule has 3 rings (SSSR count). The predicted molar refractivity (Wildman–Crippen MR) is 110 cm³/mol. The Kier molecular flexibility index (Phi) is 5.98. The number of esters is 1. The molecule has 0 spiro atoms. The number of guanidine groups is 1. The molecule has 6 nitrogen and oxygen atoms in total. The molecule has 0 saturated heterocycles. The van der Waals surface area contributed by atoms with Crippen LogP contribution in [0.1, 0.15) is 24.1 Å². The second-order valence-electron chi connectivity index (χ2n) is 6.13. The molecule has 0 aromatic heterocycles. The number of nitriles is 1. The van der Waals surface area contributed by atoms with E-state index in [9.17, 15) is 4.79 Å². The average Bonchev–Trinajstić information content (AvgIpc) is 2.68. The van der Waals surface area contributed by atoms with E-state index in [1.54, 1.807) is 37.3 Å². The highest BCUT2D eigenvalue weighted by molar-refractivity contribution is 6.32. The minimum Gasteiger partial charge on any atom is -0.468 e. The van der Waals surface area contributed by atoms with E-state index >= 15 is 0 Å². The molecule has 0 saturated carbocycles. The molecule has 0 amide bonds. The molecule has 0 fully saturated rings. The van der Waals surface area contributed by atoms with Crippen LogP contribution in [0.25, 0.3) is 0 Å². The molecule has 0 bridgehead atoms. The van der Waals surface area contributed by atoms with Gasteiger partial charge in [-0.3, -0.25) is 4.79 Å². The van der Waals surface area contributed by atoms with Crippen molar-refractivity contribution >= 4 is 46.5 Å². The van der Waals surface area contributed by atoms with Gasteiger partial charge in [0.05, 0.1) is 23.7 Å². The molecule has 1 aliphatic rings. The van der Waals surface area contributed by atoms with Gasteiger partial charge in [-0.15, -0.1) is 0 Å². The van der Waals surface area contributed by atoms with Crippen molar-refractivity contribution < 1.29 is 9.53 Å². The van der Waals surface area contributed by atoms with Crippen LogP contribution in [-0.4, -0.2) is 24.8 Å². The number of rotatable bonds is 3. The fraction of sp³-hybridized carbons (Fsp3) is 0.200. The standard InChI is InChI=1S/C20H16Cl2N4O2/c1-11-17(19(27)28-2)18(12-3-6-14(21)7-4-12)26-20(24-11)25-15-8-5-13(10-23)16(22)9-15/h3-9,17-18H,1-2H3,(H,25,26). The highest BCUT2D eigenvalue weighted by Crippen LogP contribution is 2.33. The maximum Gasteiger partial charge on any atom is 0.316 e. The van der Waals surface area contributed by atoms with Crippen LogP contribution >= 0.6 is 23.2 Å². The van der Waals surface area contributed by atoms with Crippen molar-refractivity contribution in [1.82, 2.24) is 0 Å². The first-order chi connectivity index (χ1) is 13.4. The van der Waals surface area contributed by atoms with Gasteiger partial charge in [0.25, 0.3) is 0 Å². The van der Waals surface area contributed by atoms with Crippen molar-refractivity contribution in [3.63, 3.8) is 0 Å². The summed E-state index contributed by atoms with van der Waals surface area (Å²) in [5.41, 5.74) is 2.39. The Labute approximate surface area is 172 Å². The summed E-state index contributed by atoms with van der Waals surface area (Å²) in [5, 5.41) is 13.0. The molecular weight excluding hydrogens is 399 g/mol. The molecule has 1 N–H and O–H groups in total. The van der Waals surface area contributed by atoms with Crippen LogP contribution in [0.3, 0.4) is 0 Å². The summed E-state index contributed by atoms with van der Waals surface area (Å²) in [7, 11) is 1.34. The quantitative estimate of drug-likeness (QED) is 0.740. The van der Waals surface area contributed by atoms with Crippen LogP contribution < -0.4 is 5.32 Å². The van der Waals surface area contributed by atoms with Gasteiger partial charge >= 0.3 is 5.97 Å². The predicted octanol–water partition coefficient (Wildman–Crippen LogP) is 4.64. The van der Waals surface area contributed by atoms with Crippen molar-refractivity contribution in [3.05, 3.63) is 63.6 Å². The lowest BCUT2D eigenvalue weighted by atomic mass is 9.89. The van der Waals surface area contributed by atoms with Gasteiger partial charge in [0.2, 0.25) is 5.96 Å². The van der Waals surface area contributed by atoms with E-state index in [2.05, 4.69) is 15.3 Å². The Bertz CT molecular complexity index is 1010. The van der Waals surface area contributed by atoms with Crippen LogP contribution in [0.4, 0.5) is 5.69 Å². The number of hydrogen-bond acceptors (Lipinski definition) is 6. The third-order valence-electron chi connectivity index (χ3n) is 4.32. The molecule has 2 aromatic carbocycles. The van der Waals surface area contributed by atoms with E-state index in [0.717, 1.165) is 5.56 Å². The van der Waals surface area contributed by atoms with Crippen LogP contribution in [0.15, 0.2) is 52.4 Å². The highest BCUT2D eigenvalue weighted by Gasteiger charge is 2.36. The number of carbonyl (C=O) groups is 1. The molecule has 0 radical (unpaired) electrons. The minimum atomic E-state index is -0.638. The number of nitrogens with one attached hydrogen (secondary N) is 1. The molecule has 8 heteroatoms. The van der Waals surface area contributed by atoms with Gasteiger partial charge in [0.1, 0.15) is 12.0 Å². The number of carbonyl (C=O) groups excluding carboxylic acids is 1. The lowest BCUT2D eigenvalue weighted by Crippen LogP contribution is -2.34. The number of hydrogen-bond donors (Lipinski definition) is 1. The van der Waals surface area contributed by atoms with Crippen molar-refractivity contribution in [2.75, 3.05) is 12.4 Å². The SMILES string of the molecule is COC(=O)C1C(C)=NC(Nc2ccc(C#N)c(Cl)c2)=NC1c1ccc(Cl)cc1. The average molecular weight is 415 g/mol. The molecular formula is C20H16Cl2N4O2. The van der Waals surface area contributed by atoms with Gasteiger partial charge in [-0.25, -0.2) is 9.98 Å². The number of benzene rings is 2. The summed E-state index contributed by atoms with van der Waals surface area (Å²) in [6, 6.07) is 13.6. The first-order valence-electron chi connectivity index (χ1n) is 8.36. The number of halogens is 2. The largest absolute Gasteiger partial charge is 0.468 e. The van der Waals surface area contributed by atoms with Crippen LogP contribution in [-0.2, 0) is 9.53 Å². The van der Waals surface area contributed by atoms with E-state index in [1.165, 1.54) is 7.11 Å². The third kappa shape index (κ3) is 4.16. The summed E-state index contributed by atoms with van der Waals surface area (Å²) >= 11 is 12.1. The zero-order chi connectivity index (χ0) is 20.3. The summed E-state index contributed by atoms with van der Waals surface area (Å²) in [6.45, 7) is 1.76. The number of nitrogens with zero attached hydrogens (tertiary/aromatic N) is 3. The molecule has 0 aliphatic carbocycles. The molecule has 2 atom stereocenters. The third-order valence-corrected chi connectivity index (χ3v) is 4.89. The van der Waals surface area contributed by atoms with E-state index in [4.69, 9.17) is 33.2 Å². The Hall–Kier alpha value is -2.88. The minimum absolute atomic E-state index is 0.325. The van der Waals surface area contributed by atoms with Gasteiger partial charge in [0, 0.05) is 16.4 Å². The maximum atomic E-state index is 12.3. The van der Waals surface area contributed by atoms with E-state index < -0.39 is 17.9 Å². The van der Waals surface area contributed by atoms with Crippen LogP contribution in [0, 0.1) is 17.2 Å². The Morgan fingerprint density at radius 2 is 1.93 bits per heavy atom. The number of anilines is 1. The first kappa shape index (κ1) is 19.9. The van der Waals surface area contributed by atoms with Crippen LogP contribution in [0.2, 0.25) is 10.0 Å². The van der Waals surface area contributed by atoms with Gasteiger partial charge < -0.3 is 10.1 Å². The van der Waals surface area contributed by atoms with Crippen molar-refractivity contribution in [3.8, 4) is 6.07 Å². The summed E-state index contributed by atoms with van der Waals surface area (Å²) in [4.78, 5) is 21.4. The van der Waals surface area contributed by atoms with E-state index in [-0.39, 0.29) is 0 Å². The second kappa shape index (κ2) is 8.42. The summed E-state index contributed by atoms with van der Waals surface area (Å²) < 4.78 is 4.95. The first-order valence-corrected chi connectivity index (χ1v) is 9.11.